The monoisotopic (exact) mass is 318 g/mol. The van der Waals surface area contributed by atoms with Gasteiger partial charge in [-0.25, -0.2) is 0 Å². The summed E-state index contributed by atoms with van der Waals surface area (Å²) in [4.78, 5) is 2.60. The van der Waals surface area contributed by atoms with Crippen molar-refractivity contribution in [3.05, 3.63) is 29.8 Å². The SMILES string of the molecule is COc1ccc(C[C@H]2CN(CC3CCC(N)CC3)CCO2)cc1. The molecule has 0 aromatic heterocycles. The van der Waals surface area contributed by atoms with Crippen LogP contribution in [-0.4, -0.2) is 50.4 Å². The van der Waals surface area contributed by atoms with E-state index in [0.717, 1.165) is 37.8 Å². The highest BCUT2D eigenvalue weighted by Gasteiger charge is 2.25. The zero-order valence-corrected chi connectivity index (χ0v) is 14.2. The maximum absolute atomic E-state index is 6.02. The van der Waals surface area contributed by atoms with Crippen molar-refractivity contribution in [1.82, 2.24) is 4.90 Å². The summed E-state index contributed by atoms with van der Waals surface area (Å²) in [6.07, 6.45) is 6.27. The van der Waals surface area contributed by atoms with E-state index >= 15 is 0 Å². The van der Waals surface area contributed by atoms with Crippen molar-refractivity contribution in [1.29, 1.82) is 0 Å². The van der Waals surface area contributed by atoms with Gasteiger partial charge >= 0.3 is 0 Å². The fraction of sp³-hybridized carbons (Fsp3) is 0.684. The van der Waals surface area contributed by atoms with Gasteiger partial charge in [0.15, 0.2) is 0 Å². The van der Waals surface area contributed by atoms with Gasteiger partial charge in [-0.3, -0.25) is 4.90 Å². The van der Waals surface area contributed by atoms with Crippen LogP contribution >= 0.6 is 0 Å². The first-order valence-corrected chi connectivity index (χ1v) is 8.95. The fourth-order valence-electron chi connectivity index (χ4n) is 3.83. The molecule has 2 fully saturated rings. The van der Waals surface area contributed by atoms with E-state index in [4.69, 9.17) is 15.2 Å². The standard InChI is InChI=1S/C19H30N2O2/c1-22-18-8-4-15(5-9-18)12-19-14-21(10-11-23-19)13-16-2-6-17(20)7-3-16/h4-5,8-9,16-17,19H,2-3,6-7,10-14,20H2,1H3/t16?,17?,19-/m0/s1. The van der Waals surface area contributed by atoms with Crippen molar-refractivity contribution in [2.45, 2.75) is 44.2 Å². The van der Waals surface area contributed by atoms with Gasteiger partial charge in [-0.2, -0.15) is 0 Å². The number of rotatable bonds is 5. The summed E-state index contributed by atoms with van der Waals surface area (Å²) in [5.41, 5.74) is 7.34. The van der Waals surface area contributed by atoms with Gasteiger partial charge in [-0.15, -0.1) is 0 Å². The summed E-state index contributed by atoms with van der Waals surface area (Å²) < 4.78 is 11.2. The van der Waals surface area contributed by atoms with E-state index in [1.54, 1.807) is 7.11 Å². The van der Waals surface area contributed by atoms with Crippen LogP contribution in [0.5, 0.6) is 5.75 Å². The summed E-state index contributed by atoms with van der Waals surface area (Å²) in [7, 11) is 1.70. The minimum Gasteiger partial charge on any atom is -0.497 e. The molecule has 1 heterocycles. The molecule has 2 aliphatic rings. The number of nitrogens with two attached hydrogens (primary N) is 1. The third-order valence-corrected chi connectivity index (χ3v) is 5.25. The van der Waals surface area contributed by atoms with E-state index in [1.165, 1.54) is 37.8 Å². The Hall–Kier alpha value is -1.10. The largest absolute Gasteiger partial charge is 0.497 e. The zero-order valence-electron chi connectivity index (χ0n) is 14.2. The molecule has 1 aliphatic carbocycles. The third kappa shape index (κ3) is 4.93. The smallest absolute Gasteiger partial charge is 0.118 e. The van der Waals surface area contributed by atoms with Gasteiger partial charge in [-0.05, 0) is 55.7 Å². The highest BCUT2D eigenvalue weighted by atomic mass is 16.5. The van der Waals surface area contributed by atoms with Gasteiger partial charge in [0, 0.05) is 25.7 Å². The quantitative estimate of drug-likeness (QED) is 0.906. The lowest BCUT2D eigenvalue weighted by Crippen LogP contribution is -2.46. The first-order valence-electron chi connectivity index (χ1n) is 8.95. The summed E-state index contributed by atoms with van der Waals surface area (Å²) in [6, 6.07) is 8.79. The van der Waals surface area contributed by atoms with Gasteiger partial charge in [0.1, 0.15) is 5.75 Å². The van der Waals surface area contributed by atoms with Gasteiger partial charge in [0.2, 0.25) is 0 Å². The average molecular weight is 318 g/mol. The zero-order chi connectivity index (χ0) is 16.1. The second-order valence-corrected chi connectivity index (χ2v) is 7.09. The molecule has 1 atom stereocenters. The summed E-state index contributed by atoms with van der Waals surface area (Å²) in [5, 5.41) is 0. The van der Waals surface area contributed by atoms with Crippen LogP contribution < -0.4 is 10.5 Å². The predicted molar refractivity (Wildman–Crippen MR) is 92.8 cm³/mol. The van der Waals surface area contributed by atoms with Crippen molar-refractivity contribution in [3.63, 3.8) is 0 Å². The molecule has 0 radical (unpaired) electrons. The van der Waals surface area contributed by atoms with E-state index in [0.29, 0.717) is 12.1 Å². The fourth-order valence-corrected chi connectivity index (χ4v) is 3.83. The van der Waals surface area contributed by atoms with Crippen molar-refractivity contribution in [2.24, 2.45) is 11.7 Å². The number of nitrogens with zero attached hydrogens (tertiary/aromatic N) is 1. The maximum Gasteiger partial charge on any atom is 0.118 e. The summed E-state index contributed by atoms with van der Waals surface area (Å²) in [5.74, 6) is 1.74. The van der Waals surface area contributed by atoms with Crippen molar-refractivity contribution >= 4 is 0 Å². The van der Waals surface area contributed by atoms with Crippen molar-refractivity contribution < 1.29 is 9.47 Å². The van der Waals surface area contributed by atoms with E-state index in [9.17, 15) is 0 Å². The molecule has 1 saturated heterocycles. The summed E-state index contributed by atoms with van der Waals surface area (Å²) >= 11 is 0. The molecule has 0 bridgehead atoms. The van der Waals surface area contributed by atoms with Crippen LogP contribution in [0, 0.1) is 5.92 Å². The molecule has 2 N–H and O–H groups in total. The van der Waals surface area contributed by atoms with Gasteiger partial charge in [0.25, 0.3) is 0 Å². The minimum atomic E-state index is 0.308. The van der Waals surface area contributed by atoms with Crippen LogP contribution in [0.2, 0.25) is 0 Å². The molecule has 3 rings (SSSR count). The highest BCUT2D eigenvalue weighted by Crippen LogP contribution is 2.25. The first-order chi connectivity index (χ1) is 11.2. The van der Waals surface area contributed by atoms with Crippen LogP contribution in [0.25, 0.3) is 0 Å². The van der Waals surface area contributed by atoms with Crippen LogP contribution in [0.3, 0.4) is 0 Å². The second kappa shape index (κ2) is 8.13. The Kier molecular flexibility index (Phi) is 5.92. The van der Waals surface area contributed by atoms with E-state index in [2.05, 4.69) is 17.0 Å². The normalized spacial score (nSPS) is 29.4. The highest BCUT2D eigenvalue weighted by molar-refractivity contribution is 5.27. The van der Waals surface area contributed by atoms with Crippen molar-refractivity contribution in [2.75, 3.05) is 33.4 Å². The first kappa shape index (κ1) is 16.7. The lowest BCUT2D eigenvalue weighted by molar-refractivity contribution is -0.0337. The van der Waals surface area contributed by atoms with Gasteiger partial charge in [0.05, 0.1) is 19.8 Å². The van der Waals surface area contributed by atoms with Crippen LogP contribution in [0.4, 0.5) is 0 Å². The molecule has 1 saturated carbocycles. The Morgan fingerprint density at radius 1 is 1.17 bits per heavy atom. The Balaban J connectivity index is 1.47. The van der Waals surface area contributed by atoms with Gasteiger partial charge < -0.3 is 15.2 Å². The van der Waals surface area contributed by atoms with Crippen LogP contribution in [0.15, 0.2) is 24.3 Å². The number of methoxy groups -OCH3 is 1. The molecule has 4 nitrogen and oxygen atoms in total. The number of benzene rings is 1. The molecule has 1 aliphatic heterocycles. The Morgan fingerprint density at radius 2 is 1.91 bits per heavy atom. The maximum atomic E-state index is 6.02. The molecule has 128 valence electrons. The van der Waals surface area contributed by atoms with E-state index in [1.807, 2.05) is 12.1 Å². The topological polar surface area (TPSA) is 47.7 Å². The lowest BCUT2D eigenvalue weighted by atomic mass is 9.86. The molecular formula is C19H30N2O2. The second-order valence-electron chi connectivity index (χ2n) is 7.09. The Morgan fingerprint density at radius 3 is 2.61 bits per heavy atom. The van der Waals surface area contributed by atoms with Crippen LogP contribution in [-0.2, 0) is 11.2 Å². The predicted octanol–water partition coefficient (Wildman–Crippen LogP) is 2.46. The molecule has 0 unspecified atom stereocenters. The molecular weight excluding hydrogens is 288 g/mol. The molecule has 0 spiro atoms. The minimum absolute atomic E-state index is 0.308. The van der Waals surface area contributed by atoms with Gasteiger partial charge in [-0.1, -0.05) is 12.1 Å². The van der Waals surface area contributed by atoms with E-state index in [-0.39, 0.29) is 0 Å². The number of ether oxygens (including phenoxy) is 2. The third-order valence-electron chi connectivity index (χ3n) is 5.25. The number of hydrogen-bond donors (Lipinski definition) is 1. The van der Waals surface area contributed by atoms with Crippen molar-refractivity contribution in [3.8, 4) is 5.75 Å². The van der Waals surface area contributed by atoms with E-state index < -0.39 is 0 Å². The molecule has 23 heavy (non-hydrogen) atoms. The number of morpholine rings is 1. The average Bonchev–Trinajstić information content (AvgIpc) is 2.58. The Bertz CT molecular complexity index is 469. The molecule has 4 heteroatoms. The molecule has 1 aromatic carbocycles. The number of hydrogen-bond acceptors (Lipinski definition) is 4. The molecule has 1 aromatic rings. The van der Waals surface area contributed by atoms with Crippen LogP contribution in [0.1, 0.15) is 31.2 Å². The Labute approximate surface area is 139 Å². The summed E-state index contributed by atoms with van der Waals surface area (Å²) in [6.45, 7) is 4.19. The lowest BCUT2D eigenvalue weighted by Gasteiger charge is -2.37. The molecule has 0 amide bonds.